The average Bonchev–Trinajstić information content (AvgIpc) is 2.84. The van der Waals surface area contributed by atoms with Crippen molar-refractivity contribution in [2.24, 2.45) is 0 Å². The normalized spacial score (nSPS) is 10.8. The first kappa shape index (κ1) is 13.9. The Morgan fingerprint density at radius 1 is 1.32 bits per heavy atom. The van der Waals surface area contributed by atoms with Gasteiger partial charge in [0, 0.05) is 11.9 Å². The second-order valence-electron chi connectivity index (χ2n) is 4.95. The molecule has 0 aliphatic heterocycles. The summed E-state index contributed by atoms with van der Waals surface area (Å²) in [5, 5.41) is 9.25. The number of ether oxygens (including phenoxy) is 1. The maximum Gasteiger partial charge on any atom is 0.356 e. The number of benzene rings is 1. The summed E-state index contributed by atoms with van der Waals surface area (Å²) in [6.07, 6.45) is 1.64. The van der Waals surface area contributed by atoms with E-state index in [2.05, 4.69) is 4.98 Å². The van der Waals surface area contributed by atoms with Crippen molar-refractivity contribution in [3.63, 3.8) is 0 Å². The van der Waals surface area contributed by atoms with Gasteiger partial charge in [0.05, 0.1) is 5.52 Å². The fourth-order valence-electron chi connectivity index (χ4n) is 2.28. The van der Waals surface area contributed by atoms with Crippen LogP contribution in [-0.2, 0) is 6.61 Å². The summed E-state index contributed by atoms with van der Waals surface area (Å²) < 4.78 is 7.40. The molecule has 0 radical (unpaired) electrons. The number of aromatic carboxylic acids is 1. The van der Waals surface area contributed by atoms with Crippen LogP contribution in [0, 0.1) is 6.92 Å². The minimum absolute atomic E-state index is 0.0108. The standard InChI is InChI=1S/C16H15N3O3/c1-10-4-2-3-5-13(10)22-9-14-18-15(16(20)21)12-7-6-11(17)8-19(12)14/h2-8H,9,17H2,1H3,(H,20,21). The molecule has 3 N–H and O–H groups in total. The van der Waals surface area contributed by atoms with Crippen molar-refractivity contribution >= 4 is 17.2 Å². The number of carbonyl (C=O) groups is 1. The predicted molar refractivity (Wildman–Crippen MR) is 82.1 cm³/mol. The van der Waals surface area contributed by atoms with Crippen molar-refractivity contribution in [1.82, 2.24) is 9.38 Å². The molecular weight excluding hydrogens is 282 g/mol. The number of fused-ring (bicyclic) bond motifs is 1. The second-order valence-corrected chi connectivity index (χ2v) is 4.95. The Morgan fingerprint density at radius 3 is 2.82 bits per heavy atom. The molecule has 3 rings (SSSR count). The van der Waals surface area contributed by atoms with Crippen LogP contribution in [0.4, 0.5) is 5.69 Å². The van der Waals surface area contributed by atoms with Gasteiger partial charge in [-0.3, -0.25) is 4.40 Å². The molecule has 112 valence electrons. The topological polar surface area (TPSA) is 89.8 Å². The van der Waals surface area contributed by atoms with E-state index < -0.39 is 5.97 Å². The van der Waals surface area contributed by atoms with Gasteiger partial charge in [0.15, 0.2) is 11.5 Å². The quantitative estimate of drug-likeness (QED) is 0.772. The first-order chi connectivity index (χ1) is 10.6. The SMILES string of the molecule is Cc1ccccc1OCc1nc(C(=O)O)c2ccc(N)cn12. The highest BCUT2D eigenvalue weighted by Crippen LogP contribution is 2.20. The largest absolute Gasteiger partial charge is 0.485 e. The minimum atomic E-state index is -1.08. The fourth-order valence-corrected chi connectivity index (χ4v) is 2.28. The molecule has 0 spiro atoms. The zero-order valence-corrected chi connectivity index (χ0v) is 12.0. The van der Waals surface area contributed by atoms with Crippen LogP contribution >= 0.6 is 0 Å². The number of anilines is 1. The molecular formula is C16H15N3O3. The van der Waals surface area contributed by atoms with Gasteiger partial charge in [0.1, 0.15) is 12.4 Å². The third kappa shape index (κ3) is 2.46. The second kappa shape index (κ2) is 5.40. The lowest BCUT2D eigenvalue weighted by molar-refractivity contribution is 0.0693. The summed E-state index contributed by atoms with van der Waals surface area (Å²) in [5.74, 6) is 0.146. The Bertz CT molecular complexity index is 855. The number of carboxylic acids is 1. The summed E-state index contributed by atoms with van der Waals surface area (Å²) >= 11 is 0. The number of aryl methyl sites for hydroxylation is 1. The number of nitrogens with two attached hydrogens (primary N) is 1. The monoisotopic (exact) mass is 297 g/mol. The molecule has 0 bridgehead atoms. The van der Waals surface area contributed by atoms with E-state index in [4.69, 9.17) is 10.5 Å². The van der Waals surface area contributed by atoms with Crippen LogP contribution in [0.15, 0.2) is 42.6 Å². The van der Waals surface area contributed by atoms with E-state index >= 15 is 0 Å². The molecule has 0 aliphatic carbocycles. The highest BCUT2D eigenvalue weighted by molar-refractivity contribution is 5.93. The lowest BCUT2D eigenvalue weighted by Gasteiger charge is -2.08. The van der Waals surface area contributed by atoms with Crippen LogP contribution in [0.3, 0.4) is 0 Å². The number of pyridine rings is 1. The molecule has 0 saturated heterocycles. The van der Waals surface area contributed by atoms with E-state index in [9.17, 15) is 9.90 Å². The number of imidazole rings is 1. The van der Waals surface area contributed by atoms with Crippen LogP contribution in [0.5, 0.6) is 5.75 Å². The molecule has 0 amide bonds. The first-order valence-electron chi connectivity index (χ1n) is 6.74. The maximum atomic E-state index is 11.3. The molecule has 1 aromatic carbocycles. The number of aromatic nitrogens is 2. The van der Waals surface area contributed by atoms with Gasteiger partial charge >= 0.3 is 5.97 Å². The van der Waals surface area contributed by atoms with Gasteiger partial charge in [-0.1, -0.05) is 18.2 Å². The van der Waals surface area contributed by atoms with Gasteiger partial charge in [0.2, 0.25) is 0 Å². The highest BCUT2D eigenvalue weighted by Gasteiger charge is 2.17. The van der Waals surface area contributed by atoms with E-state index in [0.717, 1.165) is 11.3 Å². The molecule has 0 fully saturated rings. The van der Waals surface area contributed by atoms with Gasteiger partial charge in [-0.15, -0.1) is 0 Å². The van der Waals surface area contributed by atoms with Crippen LogP contribution in [0.25, 0.3) is 5.52 Å². The molecule has 0 unspecified atom stereocenters. The Morgan fingerprint density at radius 2 is 2.09 bits per heavy atom. The van der Waals surface area contributed by atoms with Crippen molar-refractivity contribution in [2.75, 3.05) is 5.73 Å². The van der Waals surface area contributed by atoms with Crippen LogP contribution in [0.1, 0.15) is 21.9 Å². The zero-order chi connectivity index (χ0) is 15.7. The summed E-state index contributed by atoms with van der Waals surface area (Å²) in [5.41, 5.74) is 7.78. The predicted octanol–water partition coefficient (Wildman–Crippen LogP) is 2.50. The van der Waals surface area contributed by atoms with Gasteiger partial charge in [0.25, 0.3) is 0 Å². The molecule has 0 aliphatic rings. The minimum Gasteiger partial charge on any atom is -0.485 e. The molecule has 2 heterocycles. The fraction of sp³-hybridized carbons (Fsp3) is 0.125. The van der Waals surface area contributed by atoms with Crippen molar-refractivity contribution < 1.29 is 14.6 Å². The number of rotatable bonds is 4. The number of hydrogen-bond donors (Lipinski definition) is 2. The summed E-state index contributed by atoms with van der Waals surface area (Å²) in [7, 11) is 0. The number of para-hydroxylation sites is 1. The third-order valence-electron chi connectivity index (χ3n) is 3.39. The molecule has 0 saturated carbocycles. The van der Waals surface area contributed by atoms with Gasteiger partial charge in [-0.2, -0.15) is 0 Å². The van der Waals surface area contributed by atoms with Crippen molar-refractivity contribution in [2.45, 2.75) is 13.5 Å². The summed E-state index contributed by atoms with van der Waals surface area (Å²) in [6.45, 7) is 2.10. The highest BCUT2D eigenvalue weighted by atomic mass is 16.5. The van der Waals surface area contributed by atoms with Crippen molar-refractivity contribution in [3.05, 3.63) is 59.7 Å². The molecule has 2 aromatic heterocycles. The maximum absolute atomic E-state index is 11.3. The Kier molecular flexibility index (Phi) is 3.42. The Balaban J connectivity index is 1.98. The summed E-state index contributed by atoms with van der Waals surface area (Å²) in [4.78, 5) is 15.5. The van der Waals surface area contributed by atoms with E-state index in [1.54, 1.807) is 22.7 Å². The number of hydrogen-bond acceptors (Lipinski definition) is 4. The lowest BCUT2D eigenvalue weighted by Crippen LogP contribution is -2.03. The van der Waals surface area contributed by atoms with Gasteiger partial charge in [-0.25, -0.2) is 9.78 Å². The van der Waals surface area contributed by atoms with Crippen LogP contribution in [-0.4, -0.2) is 20.5 Å². The molecule has 3 aromatic rings. The molecule has 0 atom stereocenters. The average molecular weight is 297 g/mol. The van der Waals surface area contributed by atoms with E-state index in [0.29, 0.717) is 17.0 Å². The number of carboxylic acid groups (broad SMARTS) is 1. The summed E-state index contributed by atoms with van der Waals surface area (Å²) in [6, 6.07) is 10.9. The van der Waals surface area contributed by atoms with Crippen molar-refractivity contribution in [3.8, 4) is 5.75 Å². The van der Waals surface area contributed by atoms with Crippen molar-refractivity contribution in [1.29, 1.82) is 0 Å². The lowest BCUT2D eigenvalue weighted by atomic mass is 10.2. The molecule has 6 heteroatoms. The zero-order valence-electron chi connectivity index (χ0n) is 12.0. The smallest absolute Gasteiger partial charge is 0.356 e. The third-order valence-corrected chi connectivity index (χ3v) is 3.39. The van der Waals surface area contributed by atoms with Gasteiger partial charge in [-0.05, 0) is 30.7 Å². The van der Waals surface area contributed by atoms with Crippen LogP contribution < -0.4 is 10.5 Å². The van der Waals surface area contributed by atoms with E-state index in [1.807, 2.05) is 31.2 Å². The Labute approximate surface area is 126 Å². The van der Waals surface area contributed by atoms with E-state index in [-0.39, 0.29) is 12.3 Å². The van der Waals surface area contributed by atoms with Crippen LogP contribution in [0.2, 0.25) is 0 Å². The number of nitrogens with zero attached hydrogens (tertiary/aromatic N) is 2. The van der Waals surface area contributed by atoms with E-state index in [1.165, 1.54) is 0 Å². The number of nitrogen functional groups attached to an aromatic ring is 1. The molecule has 6 nitrogen and oxygen atoms in total. The van der Waals surface area contributed by atoms with Gasteiger partial charge < -0.3 is 15.6 Å². The first-order valence-corrected chi connectivity index (χ1v) is 6.74. The molecule has 22 heavy (non-hydrogen) atoms. The Hall–Kier alpha value is -3.02.